The number of thioether (sulfide) groups is 1. The van der Waals surface area contributed by atoms with E-state index in [1.807, 2.05) is 0 Å². The van der Waals surface area contributed by atoms with Crippen molar-refractivity contribution in [2.24, 2.45) is 0 Å². The summed E-state index contributed by atoms with van der Waals surface area (Å²) in [6, 6.07) is 5.80. The van der Waals surface area contributed by atoms with Crippen molar-refractivity contribution in [3.05, 3.63) is 29.8 Å². The van der Waals surface area contributed by atoms with Crippen LogP contribution in [-0.4, -0.2) is 68.0 Å². The number of amides is 3. The van der Waals surface area contributed by atoms with Crippen LogP contribution in [0.5, 0.6) is 0 Å². The van der Waals surface area contributed by atoms with E-state index < -0.39 is 28.5 Å². The summed E-state index contributed by atoms with van der Waals surface area (Å²) < 4.78 is 29.7. The lowest BCUT2D eigenvalue weighted by atomic mass is 10.2. The molecule has 0 aliphatic carbocycles. The maximum atomic E-state index is 12.1. The van der Waals surface area contributed by atoms with Gasteiger partial charge in [-0.2, -0.15) is 0 Å². The van der Waals surface area contributed by atoms with Crippen LogP contribution in [0, 0.1) is 0 Å². The minimum Gasteiger partial charge on any atom is -0.452 e. The fourth-order valence-electron chi connectivity index (χ4n) is 2.11. The first-order valence-corrected chi connectivity index (χ1v) is 10.5. The van der Waals surface area contributed by atoms with Crippen molar-refractivity contribution < 1.29 is 32.3 Å². The van der Waals surface area contributed by atoms with Crippen LogP contribution < -0.4 is 10.0 Å². The monoisotopic (exact) mass is 415 g/mol. The molecule has 2 rings (SSSR count). The predicted octanol–water partition coefficient (Wildman–Crippen LogP) is 0.0265. The highest BCUT2D eigenvalue weighted by molar-refractivity contribution is 8.14. The molecule has 1 saturated heterocycles. The van der Waals surface area contributed by atoms with E-state index in [1.54, 1.807) is 0 Å². The van der Waals surface area contributed by atoms with Crippen molar-refractivity contribution in [1.29, 1.82) is 0 Å². The van der Waals surface area contributed by atoms with E-state index in [0.29, 0.717) is 0 Å². The van der Waals surface area contributed by atoms with Gasteiger partial charge in [0.05, 0.1) is 23.3 Å². The molecular formula is C15H17N3O7S2. The van der Waals surface area contributed by atoms with Gasteiger partial charge >= 0.3 is 5.97 Å². The molecule has 3 amide bonds. The molecule has 0 unspecified atom stereocenters. The number of rotatable bonds is 8. The fourth-order valence-corrected chi connectivity index (χ4v) is 3.44. The number of hydrogen-bond donors (Lipinski definition) is 2. The molecule has 0 bridgehead atoms. The van der Waals surface area contributed by atoms with E-state index in [4.69, 9.17) is 4.74 Å². The minimum absolute atomic E-state index is 0.0284. The van der Waals surface area contributed by atoms with Crippen LogP contribution in [0.1, 0.15) is 10.4 Å². The van der Waals surface area contributed by atoms with Gasteiger partial charge in [0.2, 0.25) is 15.9 Å². The van der Waals surface area contributed by atoms with Crippen molar-refractivity contribution in [2.75, 3.05) is 36.4 Å². The molecule has 0 aromatic heterocycles. The molecular weight excluding hydrogens is 398 g/mol. The van der Waals surface area contributed by atoms with Crippen LogP contribution in [0.25, 0.3) is 0 Å². The molecule has 146 valence electrons. The normalized spacial score (nSPS) is 14.2. The summed E-state index contributed by atoms with van der Waals surface area (Å²) in [5.74, 6) is -1.73. The van der Waals surface area contributed by atoms with Gasteiger partial charge in [0.15, 0.2) is 6.61 Å². The van der Waals surface area contributed by atoms with Crippen LogP contribution in [-0.2, 0) is 24.3 Å². The number of benzene rings is 1. The SMILES string of the molecule is CS(=O)(=O)Nc1ccccc1C(=O)OCC(=O)NCCN1C(=O)CSC1=O. The Morgan fingerprint density at radius 1 is 1.26 bits per heavy atom. The third kappa shape index (κ3) is 6.25. The zero-order valence-electron chi connectivity index (χ0n) is 14.3. The van der Waals surface area contributed by atoms with Gasteiger partial charge in [-0.1, -0.05) is 23.9 Å². The third-order valence-electron chi connectivity index (χ3n) is 3.27. The van der Waals surface area contributed by atoms with Crippen LogP contribution in [0.3, 0.4) is 0 Å². The number of carbonyl (C=O) groups excluding carboxylic acids is 4. The van der Waals surface area contributed by atoms with Crippen LogP contribution >= 0.6 is 11.8 Å². The van der Waals surface area contributed by atoms with Crippen molar-refractivity contribution in [2.45, 2.75) is 0 Å². The summed E-state index contributed by atoms with van der Waals surface area (Å²) in [6.45, 7) is -0.533. The van der Waals surface area contributed by atoms with Crippen molar-refractivity contribution in [3.63, 3.8) is 0 Å². The number of hydrogen-bond acceptors (Lipinski definition) is 8. The highest BCUT2D eigenvalue weighted by Crippen LogP contribution is 2.18. The number of sulfonamides is 1. The van der Waals surface area contributed by atoms with E-state index in [2.05, 4.69) is 10.0 Å². The van der Waals surface area contributed by atoms with Gasteiger partial charge in [0.1, 0.15) is 0 Å². The predicted molar refractivity (Wildman–Crippen MR) is 97.8 cm³/mol. The second kappa shape index (κ2) is 8.86. The van der Waals surface area contributed by atoms with E-state index in [0.717, 1.165) is 22.9 Å². The van der Waals surface area contributed by atoms with Gasteiger partial charge in [-0.15, -0.1) is 0 Å². The quantitative estimate of drug-likeness (QED) is 0.567. The van der Waals surface area contributed by atoms with E-state index in [1.165, 1.54) is 24.3 Å². The molecule has 0 saturated carbocycles. The Kier molecular flexibility index (Phi) is 6.80. The van der Waals surface area contributed by atoms with Gasteiger partial charge in [-0.3, -0.25) is 24.0 Å². The Morgan fingerprint density at radius 2 is 1.96 bits per heavy atom. The minimum atomic E-state index is -3.59. The smallest absolute Gasteiger partial charge is 0.340 e. The molecule has 1 aliphatic heterocycles. The Hall–Kier alpha value is -2.60. The van der Waals surface area contributed by atoms with E-state index in [9.17, 15) is 27.6 Å². The van der Waals surface area contributed by atoms with Crippen LogP contribution in [0.15, 0.2) is 24.3 Å². The van der Waals surface area contributed by atoms with Gasteiger partial charge in [-0.25, -0.2) is 13.2 Å². The number of carbonyl (C=O) groups is 4. The molecule has 0 atom stereocenters. The lowest BCUT2D eigenvalue weighted by Gasteiger charge is -2.13. The van der Waals surface area contributed by atoms with E-state index in [-0.39, 0.29) is 41.2 Å². The number of ether oxygens (including phenoxy) is 1. The maximum absolute atomic E-state index is 12.1. The number of anilines is 1. The van der Waals surface area contributed by atoms with Gasteiger partial charge in [-0.05, 0) is 12.1 Å². The standard InChI is InChI=1S/C15H17N3O7S2/c1-27(23,24)17-11-5-3-2-4-10(11)14(21)25-8-12(19)16-6-7-18-13(20)9-26-15(18)22/h2-5,17H,6-9H2,1H3,(H,16,19). The average molecular weight is 415 g/mol. The molecule has 2 N–H and O–H groups in total. The number of nitrogens with one attached hydrogen (secondary N) is 2. The summed E-state index contributed by atoms with van der Waals surface area (Å²) >= 11 is 0.896. The number of para-hydroxylation sites is 1. The van der Waals surface area contributed by atoms with Crippen molar-refractivity contribution in [1.82, 2.24) is 10.2 Å². The summed E-state index contributed by atoms with van der Waals surface area (Å²) in [7, 11) is -3.59. The van der Waals surface area contributed by atoms with Crippen molar-refractivity contribution >= 4 is 50.5 Å². The topological polar surface area (TPSA) is 139 Å². The number of esters is 1. The summed E-state index contributed by atoms with van der Waals surface area (Å²) in [5, 5.41) is 2.06. The highest BCUT2D eigenvalue weighted by Gasteiger charge is 2.29. The molecule has 1 fully saturated rings. The zero-order valence-corrected chi connectivity index (χ0v) is 15.9. The molecule has 10 nitrogen and oxygen atoms in total. The second-order valence-electron chi connectivity index (χ2n) is 5.45. The lowest BCUT2D eigenvalue weighted by Crippen LogP contribution is -2.38. The first kappa shape index (κ1) is 20.7. The van der Waals surface area contributed by atoms with Crippen molar-refractivity contribution in [3.8, 4) is 0 Å². The van der Waals surface area contributed by atoms with Crippen LogP contribution in [0.4, 0.5) is 10.5 Å². The second-order valence-corrected chi connectivity index (χ2v) is 8.12. The zero-order chi connectivity index (χ0) is 20.0. The number of imide groups is 1. The molecule has 0 spiro atoms. The lowest BCUT2D eigenvalue weighted by molar-refractivity contribution is -0.126. The molecule has 1 aromatic rings. The molecule has 1 aromatic carbocycles. The molecule has 27 heavy (non-hydrogen) atoms. The maximum Gasteiger partial charge on any atom is 0.340 e. The third-order valence-corrected chi connectivity index (χ3v) is 4.72. The molecule has 12 heteroatoms. The largest absolute Gasteiger partial charge is 0.452 e. The van der Waals surface area contributed by atoms with Gasteiger partial charge < -0.3 is 10.1 Å². The molecule has 1 heterocycles. The van der Waals surface area contributed by atoms with Crippen LogP contribution in [0.2, 0.25) is 0 Å². The van der Waals surface area contributed by atoms with Gasteiger partial charge in [0.25, 0.3) is 11.1 Å². The Morgan fingerprint density at radius 3 is 2.59 bits per heavy atom. The van der Waals surface area contributed by atoms with Gasteiger partial charge in [0, 0.05) is 13.1 Å². The summed E-state index contributed by atoms with van der Waals surface area (Å²) in [4.78, 5) is 47.7. The summed E-state index contributed by atoms with van der Waals surface area (Å²) in [5.41, 5.74) is -0.00465. The first-order valence-electron chi connectivity index (χ1n) is 7.65. The highest BCUT2D eigenvalue weighted by atomic mass is 32.2. The Bertz CT molecular complexity index is 854. The van der Waals surface area contributed by atoms with E-state index >= 15 is 0 Å². The first-order chi connectivity index (χ1) is 12.7. The number of nitrogens with zero attached hydrogens (tertiary/aromatic N) is 1. The molecule has 1 aliphatic rings. The average Bonchev–Trinajstić information content (AvgIpc) is 2.90. The Balaban J connectivity index is 1.82. The summed E-state index contributed by atoms with van der Waals surface area (Å²) in [6.07, 6.45) is 0.941. The fraction of sp³-hybridized carbons (Fsp3) is 0.333. The molecule has 0 radical (unpaired) electrons. The Labute approximate surface area is 159 Å².